The Bertz CT molecular complexity index is 1240. The fourth-order valence-corrected chi connectivity index (χ4v) is 4.44. The molecule has 3 aromatic carbocycles. The number of aliphatic hydroxyl groups is 1. The number of nitrogens with zero attached hydrogens (tertiary/aromatic N) is 1. The van der Waals surface area contributed by atoms with Gasteiger partial charge < -0.3 is 9.84 Å². The number of hydrogen-bond donors (Lipinski definition) is 1. The Morgan fingerprint density at radius 1 is 1.06 bits per heavy atom. The smallest absolute Gasteiger partial charge is 0.294 e. The molecule has 0 radical (unpaired) electrons. The van der Waals surface area contributed by atoms with Crippen LogP contribution in [-0.4, -0.2) is 23.9 Å². The second-order valence-corrected chi connectivity index (χ2v) is 8.33. The van der Waals surface area contributed by atoms with Crippen LogP contribution in [0, 0.1) is 6.92 Å². The van der Waals surface area contributed by atoms with Gasteiger partial charge in [-0.05, 0) is 48.2 Å². The van der Waals surface area contributed by atoms with Crippen molar-refractivity contribution in [3.8, 4) is 5.75 Å². The molecule has 0 fully saturated rings. The van der Waals surface area contributed by atoms with Crippen molar-refractivity contribution in [3.63, 3.8) is 0 Å². The van der Waals surface area contributed by atoms with E-state index in [1.807, 2.05) is 61.5 Å². The molecular formula is C27H24ClNO4. The van der Waals surface area contributed by atoms with Crippen LogP contribution in [0.15, 0.2) is 84.1 Å². The zero-order valence-corrected chi connectivity index (χ0v) is 19.2. The summed E-state index contributed by atoms with van der Waals surface area (Å²) in [6.45, 7) is 1.92. The molecule has 0 saturated carbocycles. The van der Waals surface area contributed by atoms with Gasteiger partial charge in [0.05, 0.1) is 23.7 Å². The number of carbonyl (C=O) groups is 2. The van der Waals surface area contributed by atoms with E-state index >= 15 is 0 Å². The van der Waals surface area contributed by atoms with Gasteiger partial charge in [-0.2, -0.15) is 0 Å². The van der Waals surface area contributed by atoms with E-state index in [0.717, 1.165) is 16.7 Å². The lowest BCUT2D eigenvalue weighted by Crippen LogP contribution is -2.31. The summed E-state index contributed by atoms with van der Waals surface area (Å²) in [7, 11) is 1.51. The zero-order valence-electron chi connectivity index (χ0n) is 18.4. The van der Waals surface area contributed by atoms with Gasteiger partial charge in [0.25, 0.3) is 5.91 Å². The van der Waals surface area contributed by atoms with Crippen molar-refractivity contribution < 1.29 is 19.4 Å². The van der Waals surface area contributed by atoms with E-state index in [1.54, 1.807) is 18.2 Å². The standard InChI is InChI=1S/C27H24ClNO4/c1-17-8-6-7-11-20(17)25-24(22(30)14-12-18-9-4-3-5-10-18)26(31)27(32)29(25)19-13-15-23(33-2)21(28)16-19/h3-11,13,15-16,25,31H,12,14H2,1-2H3. The predicted molar refractivity (Wildman–Crippen MR) is 129 cm³/mol. The summed E-state index contributed by atoms with van der Waals surface area (Å²) in [5.74, 6) is -0.947. The van der Waals surface area contributed by atoms with Crippen LogP contribution in [-0.2, 0) is 16.0 Å². The lowest BCUT2D eigenvalue weighted by molar-refractivity contribution is -0.118. The van der Waals surface area contributed by atoms with Gasteiger partial charge >= 0.3 is 0 Å². The molecule has 1 amide bonds. The van der Waals surface area contributed by atoms with Crippen LogP contribution in [0.3, 0.4) is 0 Å². The number of benzene rings is 3. The van der Waals surface area contributed by atoms with E-state index in [1.165, 1.54) is 12.0 Å². The highest BCUT2D eigenvalue weighted by molar-refractivity contribution is 6.32. The Morgan fingerprint density at radius 2 is 1.76 bits per heavy atom. The van der Waals surface area contributed by atoms with Gasteiger partial charge in [-0.1, -0.05) is 66.2 Å². The number of aliphatic hydroxyl groups excluding tert-OH is 1. The number of amides is 1. The van der Waals surface area contributed by atoms with Gasteiger partial charge in [0.2, 0.25) is 0 Å². The highest BCUT2D eigenvalue weighted by Crippen LogP contribution is 2.43. The molecule has 0 aromatic heterocycles. The average Bonchev–Trinajstić information content (AvgIpc) is 3.08. The van der Waals surface area contributed by atoms with E-state index in [9.17, 15) is 14.7 Å². The van der Waals surface area contributed by atoms with Crippen molar-refractivity contribution in [3.05, 3.63) is 106 Å². The van der Waals surface area contributed by atoms with Gasteiger partial charge in [0.15, 0.2) is 11.5 Å². The van der Waals surface area contributed by atoms with Crippen LogP contribution in [0.4, 0.5) is 5.69 Å². The molecule has 4 rings (SSSR count). The molecule has 1 aliphatic rings. The van der Waals surface area contributed by atoms with Crippen LogP contribution >= 0.6 is 11.6 Å². The van der Waals surface area contributed by atoms with E-state index in [4.69, 9.17) is 16.3 Å². The lowest BCUT2D eigenvalue weighted by atomic mass is 9.90. The molecule has 0 saturated heterocycles. The Kier molecular flexibility index (Phi) is 6.52. The van der Waals surface area contributed by atoms with E-state index in [2.05, 4.69) is 0 Å². The Labute approximate surface area is 197 Å². The summed E-state index contributed by atoms with van der Waals surface area (Å²) < 4.78 is 5.23. The molecule has 0 spiro atoms. The Morgan fingerprint density at radius 3 is 2.42 bits per heavy atom. The predicted octanol–water partition coefficient (Wildman–Crippen LogP) is 5.76. The van der Waals surface area contributed by atoms with Crippen LogP contribution in [0.2, 0.25) is 5.02 Å². The molecule has 168 valence electrons. The summed E-state index contributed by atoms with van der Waals surface area (Å²) >= 11 is 6.33. The third-order valence-electron chi connectivity index (χ3n) is 5.89. The van der Waals surface area contributed by atoms with Gasteiger partial charge in [-0.3, -0.25) is 14.5 Å². The largest absolute Gasteiger partial charge is 0.503 e. The maximum atomic E-state index is 13.4. The summed E-state index contributed by atoms with van der Waals surface area (Å²) in [6, 6.07) is 21.4. The highest BCUT2D eigenvalue weighted by Gasteiger charge is 2.44. The molecule has 33 heavy (non-hydrogen) atoms. The van der Waals surface area contributed by atoms with Crippen LogP contribution < -0.4 is 9.64 Å². The first-order valence-electron chi connectivity index (χ1n) is 10.6. The van der Waals surface area contributed by atoms with Crippen molar-refractivity contribution in [1.29, 1.82) is 0 Å². The van der Waals surface area contributed by atoms with Crippen LogP contribution in [0.5, 0.6) is 5.75 Å². The molecule has 0 aliphatic carbocycles. The number of hydrogen-bond acceptors (Lipinski definition) is 4. The zero-order chi connectivity index (χ0) is 23.5. The number of halogens is 1. The van der Waals surface area contributed by atoms with Crippen molar-refractivity contribution in [2.24, 2.45) is 0 Å². The number of ketones is 1. The molecule has 5 nitrogen and oxygen atoms in total. The highest BCUT2D eigenvalue weighted by atomic mass is 35.5. The molecular weight excluding hydrogens is 438 g/mol. The van der Waals surface area contributed by atoms with Crippen LogP contribution in [0.25, 0.3) is 0 Å². The number of carbonyl (C=O) groups excluding carboxylic acids is 2. The fourth-order valence-electron chi connectivity index (χ4n) is 4.19. The van der Waals surface area contributed by atoms with E-state index in [0.29, 0.717) is 22.9 Å². The molecule has 6 heteroatoms. The molecule has 1 unspecified atom stereocenters. The summed E-state index contributed by atoms with van der Waals surface area (Å²) in [6.07, 6.45) is 0.690. The SMILES string of the molecule is COc1ccc(N2C(=O)C(O)=C(C(=O)CCc3ccccc3)C2c2ccccc2C)cc1Cl. The Balaban J connectivity index is 1.76. The first-order valence-corrected chi connectivity index (χ1v) is 11.0. The molecule has 0 bridgehead atoms. The molecule has 1 aliphatic heterocycles. The first kappa shape index (κ1) is 22.6. The van der Waals surface area contributed by atoms with Crippen molar-refractivity contribution in [1.82, 2.24) is 0 Å². The quantitative estimate of drug-likeness (QED) is 0.485. The number of aryl methyl sites for hydroxylation is 2. The second kappa shape index (κ2) is 9.51. The van der Waals surface area contributed by atoms with Crippen molar-refractivity contribution >= 4 is 29.0 Å². The van der Waals surface area contributed by atoms with E-state index < -0.39 is 17.7 Å². The maximum Gasteiger partial charge on any atom is 0.294 e. The summed E-state index contributed by atoms with van der Waals surface area (Å²) in [5.41, 5.74) is 3.27. The third-order valence-corrected chi connectivity index (χ3v) is 6.18. The summed E-state index contributed by atoms with van der Waals surface area (Å²) in [5, 5.41) is 11.2. The number of rotatable bonds is 7. The number of Topliss-reactive ketones (excluding diaryl/α,β-unsaturated/α-hetero) is 1. The van der Waals surface area contributed by atoms with Gasteiger partial charge in [0, 0.05) is 12.1 Å². The lowest BCUT2D eigenvalue weighted by Gasteiger charge is -2.28. The fraction of sp³-hybridized carbons (Fsp3) is 0.185. The topological polar surface area (TPSA) is 66.8 Å². The third kappa shape index (κ3) is 4.37. The monoisotopic (exact) mass is 461 g/mol. The summed E-state index contributed by atoms with van der Waals surface area (Å²) in [4.78, 5) is 28.0. The van der Waals surface area contributed by atoms with Gasteiger partial charge in [-0.25, -0.2) is 0 Å². The van der Waals surface area contributed by atoms with Gasteiger partial charge in [0.1, 0.15) is 5.75 Å². The molecule has 1 atom stereocenters. The van der Waals surface area contributed by atoms with Crippen LogP contribution in [0.1, 0.15) is 29.2 Å². The molecule has 1 N–H and O–H groups in total. The minimum Gasteiger partial charge on any atom is -0.503 e. The van der Waals surface area contributed by atoms with Crippen molar-refractivity contribution in [2.75, 3.05) is 12.0 Å². The van der Waals surface area contributed by atoms with E-state index in [-0.39, 0.29) is 17.8 Å². The minimum absolute atomic E-state index is 0.108. The number of anilines is 1. The first-order chi connectivity index (χ1) is 15.9. The van der Waals surface area contributed by atoms with Crippen molar-refractivity contribution in [2.45, 2.75) is 25.8 Å². The number of ether oxygens (including phenoxy) is 1. The number of methoxy groups -OCH3 is 1. The Hall–Kier alpha value is -3.57. The molecule has 1 heterocycles. The second-order valence-electron chi connectivity index (χ2n) is 7.92. The molecule has 3 aromatic rings. The van der Waals surface area contributed by atoms with Gasteiger partial charge in [-0.15, -0.1) is 0 Å². The maximum absolute atomic E-state index is 13.4. The average molecular weight is 462 g/mol. The minimum atomic E-state index is -0.758. The normalized spacial score (nSPS) is 15.8.